The summed E-state index contributed by atoms with van der Waals surface area (Å²) in [5.74, 6) is 1.99. The fraction of sp³-hybridized carbons (Fsp3) is 0.286. The molecule has 26 heavy (non-hydrogen) atoms. The van der Waals surface area contributed by atoms with Gasteiger partial charge in [0.15, 0.2) is 0 Å². The smallest absolute Gasteiger partial charge is 0.147 e. The van der Waals surface area contributed by atoms with Crippen LogP contribution in [0.15, 0.2) is 55.0 Å². The van der Waals surface area contributed by atoms with Gasteiger partial charge in [-0.25, -0.2) is 9.97 Å². The minimum atomic E-state index is 0.918. The van der Waals surface area contributed by atoms with Crippen molar-refractivity contribution < 1.29 is 0 Å². The number of anilines is 2. The van der Waals surface area contributed by atoms with Crippen LogP contribution in [0, 0.1) is 13.8 Å². The Bertz CT molecular complexity index is 886. The van der Waals surface area contributed by atoms with Crippen molar-refractivity contribution in [3.63, 3.8) is 0 Å². The van der Waals surface area contributed by atoms with Gasteiger partial charge >= 0.3 is 0 Å². The first-order valence-electron chi connectivity index (χ1n) is 9.01. The lowest BCUT2D eigenvalue weighted by Gasteiger charge is -2.36. The predicted octanol–water partition coefficient (Wildman–Crippen LogP) is 3.48. The van der Waals surface area contributed by atoms with Crippen LogP contribution < -0.4 is 9.80 Å². The van der Waals surface area contributed by atoms with E-state index in [0.717, 1.165) is 49.1 Å². The molecule has 2 aromatic heterocycles. The number of pyridine rings is 1. The number of hydrogen-bond donors (Lipinski definition) is 0. The SMILES string of the molecule is Cc1ccc(-c2cncc(N3CCN(c4ccccn4)CC3)n2)cc1C. The molecule has 1 saturated heterocycles. The molecule has 4 rings (SSSR count). The molecule has 1 aliphatic rings. The van der Waals surface area contributed by atoms with Gasteiger partial charge in [0.2, 0.25) is 0 Å². The fourth-order valence-corrected chi connectivity index (χ4v) is 3.25. The largest absolute Gasteiger partial charge is 0.353 e. The van der Waals surface area contributed by atoms with Crippen molar-refractivity contribution in [1.82, 2.24) is 15.0 Å². The van der Waals surface area contributed by atoms with Crippen LogP contribution >= 0.6 is 0 Å². The van der Waals surface area contributed by atoms with Gasteiger partial charge in [-0.2, -0.15) is 0 Å². The summed E-state index contributed by atoms with van der Waals surface area (Å²) in [6.45, 7) is 7.97. The topological polar surface area (TPSA) is 45.2 Å². The van der Waals surface area contributed by atoms with Gasteiger partial charge < -0.3 is 9.80 Å². The molecule has 0 aliphatic carbocycles. The van der Waals surface area contributed by atoms with Crippen molar-refractivity contribution >= 4 is 11.6 Å². The van der Waals surface area contributed by atoms with E-state index in [1.165, 1.54) is 11.1 Å². The maximum atomic E-state index is 4.86. The van der Waals surface area contributed by atoms with E-state index in [1.54, 1.807) is 0 Å². The van der Waals surface area contributed by atoms with Crippen molar-refractivity contribution in [2.24, 2.45) is 0 Å². The second kappa shape index (κ2) is 7.12. The van der Waals surface area contributed by atoms with Gasteiger partial charge in [0.05, 0.1) is 18.1 Å². The molecule has 0 spiro atoms. The molecule has 0 saturated carbocycles. The van der Waals surface area contributed by atoms with Crippen LogP contribution in [0.3, 0.4) is 0 Å². The number of nitrogens with zero attached hydrogens (tertiary/aromatic N) is 5. The van der Waals surface area contributed by atoms with Crippen molar-refractivity contribution in [1.29, 1.82) is 0 Å². The molecule has 0 atom stereocenters. The lowest BCUT2D eigenvalue weighted by molar-refractivity contribution is 0.641. The van der Waals surface area contributed by atoms with Gasteiger partial charge in [-0.05, 0) is 43.2 Å². The number of piperazine rings is 1. The molecule has 1 aliphatic heterocycles. The summed E-state index contributed by atoms with van der Waals surface area (Å²) in [5, 5.41) is 0. The molecule has 5 heteroatoms. The van der Waals surface area contributed by atoms with E-state index < -0.39 is 0 Å². The molecule has 1 fully saturated rings. The Kier molecular flexibility index (Phi) is 4.52. The van der Waals surface area contributed by atoms with Gasteiger partial charge in [-0.15, -0.1) is 0 Å². The maximum absolute atomic E-state index is 4.86. The van der Waals surface area contributed by atoms with E-state index in [-0.39, 0.29) is 0 Å². The van der Waals surface area contributed by atoms with E-state index in [0.29, 0.717) is 0 Å². The van der Waals surface area contributed by atoms with Crippen molar-refractivity contribution in [3.05, 3.63) is 66.1 Å². The summed E-state index contributed by atoms with van der Waals surface area (Å²) in [5.41, 5.74) is 4.62. The van der Waals surface area contributed by atoms with Gasteiger partial charge in [0.1, 0.15) is 11.6 Å². The second-order valence-electron chi connectivity index (χ2n) is 6.72. The maximum Gasteiger partial charge on any atom is 0.147 e. The summed E-state index contributed by atoms with van der Waals surface area (Å²) < 4.78 is 0. The summed E-state index contributed by atoms with van der Waals surface area (Å²) in [6.07, 6.45) is 5.55. The average molecular weight is 345 g/mol. The third-order valence-corrected chi connectivity index (χ3v) is 5.00. The molecule has 0 amide bonds. The Balaban J connectivity index is 1.50. The number of hydrogen-bond acceptors (Lipinski definition) is 5. The molecule has 0 N–H and O–H groups in total. The predicted molar refractivity (Wildman–Crippen MR) is 106 cm³/mol. The monoisotopic (exact) mass is 345 g/mol. The van der Waals surface area contributed by atoms with Crippen LogP contribution in [-0.2, 0) is 0 Å². The zero-order chi connectivity index (χ0) is 17.9. The zero-order valence-electron chi connectivity index (χ0n) is 15.3. The molecule has 5 nitrogen and oxygen atoms in total. The van der Waals surface area contributed by atoms with E-state index in [9.17, 15) is 0 Å². The highest BCUT2D eigenvalue weighted by Crippen LogP contribution is 2.23. The summed E-state index contributed by atoms with van der Waals surface area (Å²) in [7, 11) is 0. The molecular formula is C21H23N5. The molecule has 0 unspecified atom stereocenters. The van der Waals surface area contributed by atoms with Crippen molar-refractivity contribution in [3.8, 4) is 11.3 Å². The van der Waals surface area contributed by atoms with Crippen LogP contribution in [-0.4, -0.2) is 41.1 Å². The molecule has 0 radical (unpaired) electrons. The van der Waals surface area contributed by atoms with E-state index in [4.69, 9.17) is 4.98 Å². The van der Waals surface area contributed by atoms with Crippen molar-refractivity contribution in [2.75, 3.05) is 36.0 Å². The minimum Gasteiger partial charge on any atom is -0.353 e. The van der Waals surface area contributed by atoms with Gasteiger partial charge in [-0.3, -0.25) is 4.98 Å². The molecule has 132 valence electrons. The van der Waals surface area contributed by atoms with Crippen LogP contribution in [0.5, 0.6) is 0 Å². The van der Waals surface area contributed by atoms with E-state index in [1.807, 2.05) is 30.7 Å². The first kappa shape index (κ1) is 16.5. The summed E-state index contributed by atoms with van der Waals surface area (Å²) >= 11 is 0. The molecule has 3 aromatic rings. The normalized spacial score (nSPS) is 14.5. The van der Waals surface area contributed by atoms with Crippen LogP contribution in [0.4, 0.5) is 11.6 Å². The van der Waals surface area contributed by atoms with E-state index >= 15 is 0 Å². The van der Waals surface area contributed by atoms with Crippen molar-refractivity contribution in [2.45, 2.75) is 13.8 Å². The molecule has 0 bridgehead atoms. The molecule has 3 heterocycles. The number of aryl methyl sites for hydroxylation is 2. The highest BCUT2D eigenvalue weighted by molar-refractivity contribution is 5.62. The summed E-state index contributed by atoms with van der Waals surface area (Å²) in [6, 6.07) is 12.5. The summed E-state index contributed by atoms with van der Waals surface area (Å²) in [4.78, 5) is 18.4. The standard InChI is InChI=1S/C21H23N5/c1-16-6-7-18(13-17(16)2)19-14-22-15-21(24-19)26-11-9-25(10-12-26)20-5-3-4-8-23-20/h3-8,13-15H,9-12H2,1-2H3. The Hall–Kier alpha value is -2.95. The fourth-order valence-electron chi connectivity index (χ4n) is 3.25. The Morgan fingerprint density at radius 2 is 1.58 bits per heavy atom. The minimum absolute atomic E-state index is 0.918. The zero-order valence-corrected chi connectivity index (χ0v) is 15.3. The van der Waals surface area contributed by atoms with Gasteiger partial charge in [-0.1, -0.05) is 18.2 Å². The molecular weight excluding hydrogens is 322 g/mol. The van der Waals surface area contributed by atoms with Gasteiger partial charge in [0.25, 0.3) is 0 Å². The second-order valence-corrected chi connectivity index (χ2v) is 6.72. The number of benzene rings is 1. The van der Waals surface area contributed by atoms with Crippen LogP contribution in [0.2, 0.25) is 0 Å². The average Bonchev–Trinajstić information content (AvgIpc) is 2.71. The first-order valence-corrected chi connectivity index (χ1v) is 9.01. The lowest BCUT2D eigenvalue weighted by atomic mass is 10.0. The van der Waals surface area contributed by atoms with Gasteiger partial charge in [0, 0.05) is 37.9 Å². The highest BCUT2D eigenvalue weighted by atomic mass is 15.3. The Labute approximate surface area is 154 Å². The lowest BCUT2D eigenvalue weighted by Crippen LogP contribution is -2.47. The third-order valence-electron chi connectivity index (χ3n) is 5.00. The van der Waals surface area contributed by atoms with Crippen LogP contribution in [0.1, 0.15) is 11.1 Å². The van der Waals surface area contributed by atoms with Crippen LogP contribution in [0.25, 0.3) is 11.3 Å². The number of rotatable bonds is 3. The quantitative estimate of drug-likeness (QED) is 0.727. The highest BCUT2D eigenvalue weighted by Gasteiger charge is 2.19. The first-order chi connectivity index (χ1) is 12.7. The third kappa shape index (κ3) is 3.38. The number of aromatic nitrogens is 3. The Morgan fingerprint density at radius 1 is 0.808 bits per heavy atom. The Morgan fingerprint density at radius 3 is 2.27 bits per heavy atom. The molecule has 1 aromatic carbocycles. The van der Waals surface area contributed by atoms with E-state index in [2.05, 4.69) is 57.9 Å².